The van der Waals surface area contributed by atoms with Gasteiger partial charge in [0, 0.05) is 12.3 Å². The third-order valence-corrected chi connectivity index (χ3v) is 3.31. The minimum absolute atomic E-state index is 0.0985. The number of benzene rings is 1. The van der Waals surface area contributed by atoms with E-state index in [9.17, 15) is 4.79 Å². The van der Waals surface area contributed by atoms with Crippen molar-refractivity contribution in [1.29, 1.82) is 0 Å². The smallest absolute Gasteiger partial charge is 0.244 e. The average molecular weight is 234 g/mol. The van der Waals surface area contributed by atoms with E-state index in [2.05, 4.69) is 5.32 Å². The minimum Gasteiger partial charge on any atom is -0.396 e. The highest BCUT2D eigenvalue weighted by molar-refractivity contribution is 5.98. The SMILES string of the molecule is NC1(C(=O)Nc2ccc(CCO)cc2)CCC1. The number of amides is 1. The van der Waals surface area contributed by atoms with Crippen molar-refractivity contribution in [2.75, 3.05) is 11.9 Å². The second-order valence-electron chi connectivity index (χ2n) is 4.63. The van der Waals surface area contributed by atoms with Crippen molar-refractivity contribution in [3.05, 3.63) is 29.8 Å². The number of anilines is 1. The fraction of sp³-hybridized carbons (Fsp3) is 0.462. The standard InChI is InChI=1S/C13H18N2O2/c14-13(7-1-8-13)12(17)15-11-4-2-10(3-5-11)6-9-16/h2-5,16H,1,6-9,14H2,(H,15,17). The Balaban J connectivity index is 1.96. The number of carbonyl (C=O) groups is 1. The van der Waals surface area contributed by atoms with Crippen LogP contribution in [0.5, 0.6) is 0 Å². The number of rotatable bonds is 4. The number of nitrogens with one attached hydrogen (secondary N) is 1. The first kappa shape index (κ1) is 12.1. The second-order valence-corrected chi connectivity index (χ2v) is 4.63. The van der Waals surface area contributed by atoms with Gasteiger partial charge in [0.2, 0.25) is 5.91 Å². The van der Waals surface area contributed by atoms with Gasteiger partial charge in [0.15, 0.2) is 0 Å². The fourth-order valence-electron chi connectivity index (χ4n) is 1.92. The van der Waals surface area contributed by atoms with Crippen LogP contribution in [0.3, 0.4) is 0 Å². The summed E-state index contributed by atoms with van der Waals surface area (Å²) in [4.78, 5) is 11.9. The summed E-state index contributed by atoms with van der Waals surface area (Å²) in [5, 5.41) is 11.6. The van der Waals surface area contributed by atoms with Gasteiger partial charge >= 0.3 is 0 Å². The molecule has 0 heterocycles. The number of carbonyl (C=O) groups excluding carboxylic acids is 1. The molecule has 4 heteroatoms. The van der Waals surface area contributed by atoms with Crippen LogP contribution in [0.4, 0.5) is 5.69 Å². The summed E-state index contributed by atoms with van der Waals surface area (Å²) in [7, 11) is 0. The van der Waals surface area contributed by atoms with Crippen molar-refractivity contribution in [2.24, 2.45) is 5.73 Å². The molecular weight excluding hydrogens is 216 g/mol. The first-order valence-corrected chi connectivity index (χ1v) is 5.94. The van der Waals surface area contributed by atoms with E-state index < -0.39 is 5.54 Å². The molecule has 0 bridgehead atoms. The lowest BCUT2D eigenvalue weighted by atomic mass is 9.77. The Bertz CT molecular complexity index is 396. The van der Waals surface area contributed by atoms with E-state index in [0.717, 1.165) is 30.5 Å². The Morgan fingerprint density at radius 2 is 2.00 bits per heavy atom. The Hall–Kier alpha value is -1.39. The van der Waals surface area contributed by atoms with E-state index in [-0.39, 0.29) is 12.5 Å². The van der Waals surface area contributed by atoms with Crippen LogP contribution in [0.15, 0.2) is 24.3 Å². The maximum Gasteiger partial charge on any atom is 0.244 e. The van der Waals surface area contributed by atoms with Crippen LogP contribution in [0.2, 0.25) is 0 Å². The molecule has 1 aromatic rings. The lowest BCUT2D eigenvalue weighted by molar-refractivity contribution is -0.123. The predicted octanol–water partition coefficient (Wildman–Crippen LogP) is 1.04. The molecule has 4 nitrogen and oxygen atoms in total. The molecule has 0 atom stereocenters. The minimum atomic E-state index is -0.663. The maximum atomic E-state index is 11.9. The molecule has 2 rings (SSSR count). The summed E-state index contributed by atoms with van der Waals surface area (Å²) < 4.78 is 0. The molecule has 0 spiro atoms. The lowest BCUT2D eigenvalue weighted by Gasteiger charge is -2.36. The summed E-state index contributed by atoms with van der Waals surface area (Å²) >= 11 is 0. The number of hydrogen-bond acceptors (Lipinski definition) is 3. The third kappa shape index (κ3) is 2.65. The molecule has 0 aliphatic heterocycles. The van der Waals surface area contributed by atoms with Crippen LogP contribution < -0.4 is 11.1 Å². The summed E-state index contributed by atoms with van der Waals surface area (Å²) in [6, 6.07) is 7.47. The normalized spacial score (nSPS) is 17.3. The number of hydrogen-bond donors (Lipinski definition) is 3. The quantitative estimate of drug-likeness (QED) is 0.728. The molecule has 1 fully saturated rings. The first-order valence-electron chi connectivity index (χ1n) is 5.94. The van der Waals surface area contributed by atoms with Crippen LogP contribution >= 0.6 is 0 Å². The molecule has 1 aliphatic carbocycles. The number of aliphatic hydroxyl groups excluding tert-OH is 1. The van der Waals surface area contributed by atoms with Gasteiger partial charge in [0.1, 0.15) is 0 Å². The highest BCUT2D eigenvalue weighted by Gasteiger charge is 2.39. The van der Waals surface area contributed by atoms with Crippen LogP contribution in [0.25, 0.3) is 0 Å². The van der Waals surface area contributed by atoms with Crippen LogP contribution in [-0.4, -0.2) is 23.2 Å². The van der Waals surface area contributed by atoms with Gasteiger partial charge in [-0.3, -0.25) is 4.79 Å². The first-order chi connectivity index (χ1) is 8.14. The van der Waals surface area contributed by atoms with E-state index in [1.54, 1.807) is 0 Å². The largest absolute Gasteiger partial charge is 0.396 e. The molecule has 1 aliphatic rings. The van der Waals surface area contributed by atoms with E-state index in [1.807, 2.05) is 24.3 Å². The van der Waals surface area contributed by atoms with E-state index in [1.165, 1.54) is 0 Å². The van der Waals surface area contributed by atoms with Gasteiger partial charge in [-0.15, -0.1) is 0 Å². The zero-order chi connectivity index (χ0) is 12.3. The van der Waals surface area contributed by atoms with Crippen molar-refractivity contribution in [3.63, 3.8) is 0 Å². The van der Waals surface area contributed by atoms with Gasteiger partial charge in [0.05, 0.1) is 5.54 Å². The summed E-state index contributed by atoms with van der Waals surface area (Å²) in [5.41, 5.74) is 7.07. The molecule has 92 valence electrons. The van der Waals surface area contributed by atoms with E-state index in [0.29, 0.717) is 6.42 Å². The Kier molecular flexibility index (Phi) is 3.45. The average Bonchev–Trinajstić information content (AvgIpc) is 2.29. The topological polar surface area (TPSA) is 75.4 Å². The molecule has 1 amide bonds. The van der Waals surface area contributed by atoms with E-state index in [4.69, 9.17) is 10.8 Å². The molecule has 0 radical (unpaired) electrons. The van der Waals surface area contributed by atoms with Crippen molar-refractivity contribution < 1.29 is 9.90 Å². The highest BCUT2D eigenvalue weighted by Crippen LogP contribution is 2.30. The predicted molar refractivity (Wildman–Crippen MR) is 66.6 cm³/mol. The zero-order valence-corrected chi connectivity index (χ0v) is 9.78. The lowest BCUT2D eigenvalue weighted by Crippen LogP contribution is -2.56. The molecule has 1 aromatic carbocycles. The third-order valence-electron chi connectivity index (χ3n) is 3.31. The number of aliphatic hydroxyl groups is 1. The van der Waals surface area contributed by atoms with Gasteiger partial charge in [-0.05, 0) is 43.4 Å². The Morgan fingerprint density at radius 3 is 2.47 bits per heavy atom. The Labute approximate surface area is 101 Å². The van der Waals surface area contributed by atoms with Crippen molar-refractivity contribution >= 4 is 11.6 Å². The monoisotopic (exact) mass is 234 g/mol. The maximum absolute atomic E-state index is 11.9. The molecule has 17 heavy (non-hydrogen) atoms. The van der Waals surface area contributed by atoms with Crippen LogP contribution in [-0.2, 0) is 11.2 Å². The van der Waals surface area contributed by atoms with Crippen molar-refractivity contribution in [1.82, 2.24) is 0 Å². The molecular formula is C13H18N2O2. The van der Waals surface area contributed by atoms with E-state index >= 15 is 0 Å². The Morgan fingerprint density at radius 1 is 1.35 bits per heavy atom. The van der Waals surface area contributed by atoms with Gasteiger partial charge in [-0.2, -0.15) is 0 Å². The van der Waals surface area contributed by atoms with Gasteiger partial charge < -0.3 is 16.2 Å². The molecule has 0 unspecified atom stereocenters. The molecule has 0 aromatic heterocycles. The van der Waals surface area contributed by atoms with Gasteiger partial charge in [-0.1, -0.05) is 12.1 Å². The summed E-state index contributed by atoms with van der Waals surface area (Å²) in [6.07, 6.45) is 3.19. The summed E-state index contributed by atoms with van der Waals surface area (Å²) in [5.74, 6) is -0.0985. The molecule has 1 saturated carbocycles. The molecule has 0 saturated heterocycles. The van der Waals surface area contributed by atoms with Crippen molar-refractivity contribution in [3.8, 4) is 0 Å². The highest BCUT2D eigenvalue weighted by atomic mass is 16.2. The van der Waals surface area contributed by atoms with Gasteiger partial charge in [-0.25, -0.2) is 0 Å². The number of nitrogens with two attached hydrogens (primary N) is 1. The summed E-state index contributed by atoms with van der Waals surface area (Å²) in [6.45, 7) is 0.137. The van der Waals surface area contributed by atoms with Crippen molar-refractivity contribution in [2.45, 2.75) is 31.2 Å². The van der Waals surface area contributed by atoms with Crippen LogP contribution in [0, 0.1) is 0 Å². The molecule has 4 N–H and O–H groups in total. The van der Waals surface area contributed by atoms with Crippen LogP contribution in [0.1, 0.15) is 24.8 Å². The second kappa shape index (κ2) is 4.85. The zero-order valence-electron chi connectivity index (χ0n) is 9.78. The van der Waals surface area contributed by atoms with Gasteiger partial charge in [0.25, 0.3) is 0 Å². The fourth-order valence-corrected chi connectivity index (χ4v) is 1.92.